The van der Waals surface area contributed by atoms with Crippen molar-refractivity contribution in [1.82, 2.24) is 9.47 Å². The van der Waals surface area contributed by atoms with E-state index in [1.807, 2.05) is 36.4 Å². The van der Waals surface area contributed by atoms with Crippen molar-refractivity contribution < 1.29 is 4.79 Å². The highest BCUT2D eigenvalue weighted by molar-refractivity contribution is 8.26. The molecule has 1 amide bonds. The Balaban J connectivity index is 1.71. The van der Waals surface area contributed by atoms with Crippen LogP contribution in [0.5, 0.6) is 0 Å². The third-order valence-corrected chi connectivity index (χ3v) is 7.62. The Morgan fingerprint density at radius 3 is 2.52 bits per heavy atom. The lowest BCUT2D eigenvalue weighted by atomic mass is 10.0. The molecule has 0 unspecified atom stereocenters. The molecular weight excluding hydrogens is 452 g/mol. The van der Waals surface area contributed by atoms with Gasteiger partial charge in [-0.2, -0.15) is 5.26 Å². The van der Waals surface area contributed by atoms with Crippen LogP contribution in [-0.4, -0.2) is 39.3 Å². The van der Waals surface area contributed by atoms with Crippen molar-refractivity contribution in [1.29, 1.82) is 5.26 Å². The van der Waals surface area contributed by atoms with E-state index in [-0.39, 0.29) is 17.0 Å². The summed E-state index contributed by atoms with van der Waals surface area (Å²) < 4.78 is 2.09. The largest absolute Gasteiger partial charge is 0.357 e. The molecule has 0 spiro atoms. The summed E-state index contributed by atoms with van der Waals surface area (Å²) in [5.74, 6) is 0.642. The molecule has 2 saturated heterocycles. The lowest BCUT2D eigenvalue weighted by molar-refractivity contribution is -0.122. The van der Waals surface area contributed by atoms with E-state index in [2.05, 4.69) is 11.0 Å². The van der Waals surface area contributed by atoms with Gasteiger partial charge < -0.3 is 4.90 Å². The number of hydrogen-bond acceptors (Lipinski definition) is 6. The molecule has 6 nitrogen and oxygen atoms in total. The fourth-order valence-corrected chi connectivity index (χ4v) is 5.70. The minimum atomic E-state index is -0.303. The molecule has 3 heterocycles. The summed E-state index contributed by atoms with van der Waals surface area (Å²) in [6.45, 7) is 3.99. The van der Waals surface area contributed by atoms with Crippen LogP contribution in [0.15, 0.2) is 40.0 Å². The molecule has 33 heavy (non-hydrogen) atoms. The van der Waals surface area contributed by atoms with Crippen LogP contribution in [0.4, 0.5) is 5.82 Å². The molecule has 170 valence electrons. The first-order valence-electron chi connectivity index (χ1n) is 11.1. The molecule has 0 atom stereocenters. The molecule has 0 N–H and O–H groups in total. The molecule has 2 fully saturated rings. The fourth-order valence-electron chi connectivity index (χ4n) is 4.41. The van der Waals surface area contributed by atoms with E-state index >= 15 is 0 Å². The molecule has 0 saturated carbocycles. The smallest absolute Gasteiger partial charge is 0.270 e. The maximum Gasteiger partial charge on any atom is 0.270 e. The van der Waals surface area contributed by atoms with Crippen LogP contribution in [0.2, 0.25) is 0 Å². The van der Waals surface area contributed by atoms with Crippen molar-refractivity contribution in [3.8, 4) is 6.07 Å². The highest BCUT2D eigenvalue weighted by Gasteiger charge is 2.33. The van der Waals surface area contributed by atoms with E-state index in [0.29, 0.717) is 21.3 Å². The van der Waals surface area contributed by atoms with E-state index in [1.165, 1.54) is 11.8 Å². The summed E-state index contributed by atoms with van der Waals surface area (Å²) in [6, 6.07) is 12.1. The Kier molecular flexibility index (Phi) is 7.01. The van der Waals surface area contributed by atoms with Crippen molar-refractivity contribution in [2.24, 2.45) is 7.05 Å². The van der Waals surface area contributed by atoms with Crippen molar-refractivity contribution in [2.45, 2.75) is 32.6 Å². The van der Waals surface area contributed by atoms with Gasteiger partial charge in [0, 0.05) is 32.2 Å². The van der Waals surface area contributed by atoms with Gasteiger partial charge in [-0.05, 0) is 49.8 Å². The van der Waals surface area contributed by atoms with Crippen LogP contribution in [0.1, 0.15) is 41.5 Å². The molecule has 1 aromatic carbocycles. The van der Waals surface area contributed by atoms with Gasteiger partial charge in [-0.25, -0.2) is 0 Å². The second-order valence-electron chi connectivity index (χ2n) is 8.33. The molecule has 1 aromatic heterocycles. The van der Waals surface area contributed by atoms with E-state index in [9.17, 15) is 14.9 Å². The molecule has 2 aromatic rings. The predicted molar refractivity (Wildman–Crippen MR) is 137 cm³/mol. The Hall–Kier alpha value is -2.89. The number of anilines is 1. The average Bonchev–Trinajstić information content (AvgIpc) is 3.10. The topological polar surface area (TPSA) is 69.3 Å². The van der Waals surface area contributed by atoms with Gasteiger partial charge in [0.05, 0.1) is 4.91 Å². The summed E-state index contributed by atoms with van der Waals surface area (Å²) in [4.78, 5) is 30.5. The number of pyridine rings is 1. The van der Waals surface area contributed by atoms with E-state index in [0.717, 1.165) is 55.7 Å². The first-order chi connectivity index (χ1) is 15.9. The van der Waals surface area contributed by atoms with Crippen LogP contribution in [0.3, 0.4) is 0 Å². The SMILES string of the molecule is Cc1c(/C=C2\SC(=S)N(CCc3ccccc3)C2=O)c(N2CCCCC2)n(C)c(=O)c1C#N. The Labute approximate surface area is 203 Å². The zero-order chi connectivity index (χ0) is 23.5. The summed E-state index contributed by atoms with van der Waals surface area (Å²) in [5.41, 5.74) is 2.32. The van der Waals surface area contributed by atoms with Gasteiger partial charge in [0.1, 0.15) is 21.8 Å². The second kappa shape index (κ2) is 9.94. The summed E-state index contributed by atoms with van der Waals surface area (Å²) in [6.07, 6.45) is 5.80. The van der Waals surface area contributed by atoms with Crippen LogP contribution in [0, 0.1) is 18.3 Å². The molecular formula is C25H26N4O2S2. The Morgan fingerprint density at radius 1 is 1.15 bits per heavy atom. The number of carbonyl (C=O) groups is 1. The van der Waals surface area contributed by atoms with Gasteiger partial charge >= 0.3 is 0 Å². The normalized spacial score (nSPS) is 17.7. The fraction of sp³-hybridized carbons (Fsp3) is 0.360. The van der Waals surface area contributed by atoms with Gasteiger partial charge in [0.2, 0.25) is 0 Å². The summed E-state index contributed by atoms with van der Waals surface area (Å²) in [5, 5.41) is 9.63. The third kappa shape index (κ3) is 4.61. The number of rotatable bonds is 5. The number of benzene rings is 1. The minimum Gasteiger partial charge on any atom is -0.357 e. The van der Waals surface area contributed by atoms with Crippen LogP contribution < -0.4 is 10.5 Å². The molecule has 0 aliphatic carbocycles. The van der Waals surface area contributed by atoms with E-state index in [4.69, 9.17) is 12.2 Å². The molecule has 4 rings (SSSR count). The number of aromatic nitrogens is 1. The van der Waals surface area contributed by atoms with Gasteiger partial charge in [0.25, 0.3) is 11.5 Å². The number of nitrogens with zero attached hydrogens (tertiary/aromatic N) is 4. The maximum atomic E-state index is 13.2. The van der Waals surface area contributed by atoms with E-state index < -0.39 is 0 Å². The third-order valence-electron chi connectivity index (χ3n) is 6.24. The first-order valence-corrected chi connectivity index (χ1v) is 12.3. The number of thioether (sulfide) groups is 1. The summed E-state index contributed by atoms with van der Waals surface area (Å²) in [7, 11) is 1.70. The lowest BCUT2D eigenvalue weighted by Gasteiger charge is -2.32. The highest BCUT2D eigenvalue weighted by Crippen LogP contribution is 2.36. The van der Waals surface area contributed by atoms with Crippen molar-refractivity contribution in [3.05, 3.63) is 67.8 Å². The lowest BCUT2D eigenvalue weighted by Crippen LogP contribution is -2.36. The molecule has 0 bridgehead atoms. The molecule has 8 heteroatoms. The number of piperidine rings is 1. The number of hydrogen-bond donors (Lipinski definition) is 0. The molecule has 2 aliphatic heterocycles. The van der Waals surface area contributed by atoms with Crippen LogP contribution >= 0.6 is 24.0 Å². The number of nitriles is 1. The number of carbonyl (C=O) groups excluding carboxylic acids is 1. The van der Waals surface area contributed by atoms with Gasteiger partial charge in [-0.15, -0.1) is 0 Å². The van der Waals surface area contributed by atoms with Gasteiger partial charge in [-0.3, -0.25) is 19.1 Å². The zero-order valence-electron chi connectivity index (χ0n) is 18.8. The van der Waals surface area contributed by atoms with Crippen molar-refractivity contribution >= 4 is 46.1 Å². The first kappa shape index (κ1) is 23.3. The van der Waals surface area contributed by atoms with Gasteiger partial charge in [-0.1, -0.05) is 54.3 Å². The molecule has 2 aliphatic rings. The minimum absolute atomic E-state index is 0.115. The standard InChI is InChI=1S/C25H26N4O2S2/c1-17-19(22(28-12-7-4-8-13-28)27(2)23(30)20(17)16-26)15-21-24(31)29(25(32)33-21)14-11-18-9-5-3-6-10-18/h3,5-6,9-10,15H,4,7-8,11-14H2,1-2H3/b21-15-. The van der Waals surface area contributed by atoms with Crippen LogP contribution in [-0.2, 0) is 18.3 Å². The van der Waals surface area contributed by atoms with Crippen molar-refractivity contribution in [2.75, 3.05) is 24.5 Å². The average molecular weight is 479 g/mol. The maximum absolute atomic E-state index is 13.2. The predicted octanol–water partition coefficient (Wildman–Crippen LogP) is 4.00. The quantitative estimate of drug-likeness (QED) is 0.478. The highest BCUT2D eigenvalue weighted by atomic mass is 32.2. The van der Waals surface area contributed by atoms with Gasteiger partial charge in [0.15, 0.2) is 0 Å². The zero-order valence-corrected chi connectivity index (χ0v) is 20.5. The Morgan fingerprint density at radius 2 is 1.85 bits per heavy atom. The second-order valence-corrected chi connectivity index (χ2v) is 10.0. The molecule has 0 radical (unpaired) electrons. The monoisotopic (exact) mass is 478 g/mol. The number of amides is 1. The number of thiocarbonyl (C=S) groups is 1. The van der Waals surface area contributed by atoms with Crippen LogP contribution in [0.25, 0.3) is 6.08 Å². The summed E-state index contributed by atoms with van der Waals surface area (Å²) >= 11 is 6.80. The van der Waals surface area contributed by atoms with E-state index in [1.54, 1.807) is 23.4 Å². The van der Waals surface area contributed by atoms with Crippen molar-refractivity contribution in [3.63, 3.8) is 0 Å². The Bertz CT molecular complexity index is 1220.